The molecule has 2 N–H and O–H groups in total. The molecular formula is C13H24N4O. The molecule has 0 aromatic carbocycles. The molecule has 5 nitrogen and oxygen atoms in total. The maximum Gasteiger partial charge on any atom is 0.133 e. The monoisotopic (exact) mass is 252 g/mol. The van der Waals surface area contributed by atoms with Crippen LogP contribution in [0.4, 0.5) is 11.6 Å². The van der Waals surface area contributed by atoms with Gasteiger partial charge in [0.15, 0.2) is 0 Å². The highest BCUT2D eigenvalue weighted by Crippen LogP contribution is 2.12. The number of nitrogens with one attached hydrogen (secondary N) is 2. The number of methoxy groups -OCH3 is 1. The third kappa shape index (κ3) is 4.87. The van der Waals surface area contributed by atoms with E-state index in [1.165, 1.54) is 0 Å². The fourth-order valence-corrected chi connectivity index (χ4v) is 1.53. The summed E-state index contributed by atoms with van der Waals surface area (Å²) >= 11 is 0. The summed E-state index contributed by atoms with van der Waals surface area (Å²) in [5, 5.41) is 6.50. The number of anilines is 2. The van der Waals surface area contributed by atoms with E-state index in [-0.39, 0.29) is 6.10 Å². The number of aryl methyl sites for hydroxylation is 1. The van der Waals surface area contributed by atoms with Crippen molar-refractivity contribution in [2.24, 2.45) is 0 Å². The zero-order chi connectivity index (χ0) is 13.4. The molecule has 1 unspecified atom stereocenters. The minimum atomic E-state index is 0.164. The molecule has 1 rings (SSSR count). The Bertz CT molecular complexity index is 333. The summed E-state index contributed by atoms with van der Waals surface area (Å²) in [4.78, 5) is 8.96. The van der Waals surface area contributed by atoms with Crippen molar-refractivity contribution >= 4 is 11.6 Å². The predicted octanol–water partition coefficient (Wildman–Crippen LogP) is 2.31. The van der Waals surface area contributed by atoms with Gasteiger partial charge in [-0.05, 0) is 20.3 Å². The molecule has 1 heterocycles. The van der Waals surface area contributed by atoms with Crippen LogP contribution in [0.3, 0.4) is 0 Å². The SMILES string of the molecule is CCCc1nc(NCC)cc(NCC(C)OC)n1. The van der Waals surface area contributed by atoms with E-state index in [9.17, 15) is 0 Å². The molecule has 0 aliphatic heterocycles. The van der Waals surface area contributed by atoms with Crippen LogP contribution < -0.4 is 10.6 Å². The van der Waals surface area contributed by atoms with Gasteiger partial charge in [0.05, 0.1) is 6.10 Å². The molecule has 0 radical (unpaired) electrons. The summed E-state index contributed by atoms with van der Waals surface area (Å²) in [5.41, 5.74) is 0. The van der Waals surface area contributed by atoms with E-state index in [0.717, 1.165) is 43.4 Å². The van der Waals surface area contributed by atoms with Gasteiger partial charge in [-0.2, -0.15) is 0 Å². The molecule has 0 amide bonds. The van der Waals surface area contributed by atoms with Crippen molar-refractivity contribution in [3.63, 3.8) is 0 Å². The van der Waals surface area contributed by atoms with Crippen LogP contribution in [0.5, 0.6) is 0 Å². The second kappa shape index (κ2) is 7.87. The first kappa shape index (κ1) is 14.7. The lowest BCUT2D eigenvalue weighted by molar-refractivity contribution is 0.128. The smallest absolute Gasteiger partial charge is 0.133 e. The summed E-state index contributed by atoms with van der Waals surface area (Å²) in [6.45, 7) is 7.80. The lowest BCUT2D eigenvalue weighted by atomic mass is 10.3. The van der Waals surface area contributed by atoms with Crippen molar-refractivity contribution in [2.75, 3.05) is 30.8 Å². The summed E-state index contributed by atoms with van der Waals surface area (Å²) in [5.74, 6) is 2.61. The maximum absolute atomic E-state index is 5.21. The molecule has 102 valence electrons. The molecule has 1 aromatic rings. The normalized spacial score (nSPS) is 12.2. The van der Waals surface area contributed by atoms with Crippen LogP contribution in [0.2, 0.25) is 0 Å². The molecule has 1 atom stereocenters. The lowest BCUT2D eigenvalue weighted by Crippen LogP contribution is -2.19. The zero-order valence-electron chi connectivity index (χ0n) is 11.8. The zero-order valence-corrected chi connectivity index (χ0v) is 11.8. The largest absolute Gasteiger partial charge is 0.380 e. The molecule has 0 aliphatic rings. The standard InChI is InChI=1S/C13H24N4O/c1-5-7-11-16-12(14-6-2)8-13(17-11)15-9-10(3)18-4/h8,10H,5-7,9H2,1-4H3,(H2,14,15,16,17). The quantitative estimate of drug-likeness (QED) is 0.743. The van der Waals surface area contributed by atoms with Crippen molar-refractivity contribution in [1.82, 2.24) is 9.97 Å². The Morgan fingerprint density at radius 1 is 1.22 bits per heavy atom. The summed E-state index contributed by atoms with van der Waals surface area (Å²) in [6, 6.07) is 1.94. The van der Waals surface area contributed by atoms with Crippen molar-refractivity contribution in [3.8, 4) is 0 Å². The molecule has 1 aromatic heterocycles. The third-order valence-electron chi connectivity index (χ3n) is 2.58. The van der Waals surface area contributed by atoms with Crippen LogP contribution >= 0.6 is 0 Å². The highest BCUT2D eigenvalue weighted by atomic mass is 16.5. The van der Waals surface area contributed by atoms with Gasteiger partial charge in [0.1, 0.15) is 17.5 Å². The van der Waals surface area contributed by atoms with Gasteiger partial charge in [-0.25, -0.2) is 9.97 Å². The van der Waals surface area contributed by atoms with Gasteiger partial charge in [0, 0.05) is 32.7 Å². The fourth-order valence-electron chi connectivity index (χ4n) is 1.53. The first-order chi connectivity index (χ1) is 8.69. The average molecular weight is 252 g/mol. The van der Waals surface area contributed by atoms with Gasteiger partial charge in [-0.1, -0.05) is 6.92 Å². The summed E-state index contributed by atoms with van der Waals surface area (Å²) in [7, 11) is 1.71. The van der Waals surface area contributed by atoms with Crippen LogP contribution in [-0.4, -0.2) is 36.3 Å². The molecule has 0 spiro atoms. The predicted molar refractivity (Wildman–Crippen MR) is 75.2 cm³/mol. The van der Waals surface area contributed by atoms with Crippen molar-refractivity contribution in [2.45, 2.75) is 39.7 Å². The summed E-state index contributed by atoms with van der Waals surface area (Å²) in [6.07, 6.45) is 2.11. The lowest BCUT2D eigenvalue weighted by Gasteiger charge is -2.13. The minimum absolute atomic E-state index is 0.164. The van der Waals surface area contributed by atoms with Crippen molar-refractivity contribution in [3.05, 3.63) is 11.9 Å². The number of aromatic nitrogens is 2. The average Bonchev–Trinajstić information content (AvgIpc) is 2.36. The second-order valence-electron chi connectivity index (χ2n) is 4.26. The minimum Gasteiger partial charge on any atom is -0.380 e. The van der Waals surface area contributed by atoms with E-state index in [1.807, 2.05) is 13.0 Å². The Hall–Kier alpha value is -1.36. The van der Waals surface area contributed by atoms with Crippen LogP contribution in [0.25, 0.3) is 0 Å². The van der Waals surface area contributed by atoms with Gasteiger partial charge < -0.3 is 15.4 Å². The van der Waals surface area contributed by atoms with Gasteiger partial charge in [0.2, 0.25) is 0 Å². The Morgan fingerprint density at radius 3 is 2.44 bits per heavy atom. The molecule has 0 saturated carbocycles. The van der Waals surface area contributed by atoms with E-state index in [1.54, 1.807) is 7.11 Å². The highest BCUT2D eigenvalue weighted by Gasteiger charge is 2.05. The maximum atomic E-state index is 5.21. The summed E-state index contributed by atoms with van der Waals surface area (Å²) < 4.78 is 5.21. The number of hydrogen-bond acceptors (Lipinski definition) is 5. The second-order valence-corrected chi connectivity index (χ2v) is 4.26. The van der Waals surface area contributed by atoms with E-state index >= 15 is 0 Å². The number of hydrogen-bond donors (Lipinski definition) is 2. The van der Waals surface area contributed by atoms with Crippen LogP contribution in [0.1, 0.15) is 33.0 Å². The van der Waals surface area contributed by atoms with E-state index in [4.69, 9.17) is 4.74 Å². The highest BCUT2D eigenvalue weighted by molar-refractivity contribution is 5.47. The van der Waals surface area contributed by atoms with E-state index in [2.05, 4.69) is 34.4 Å². The number of ether oxygens (including phenoxy) is 1. The first-order valence-electron chi connectivity index (χ1n) is 6.58. The van der Waals surface area contributed by atoms with E-state index in [0.29, 0.717) is 0 Å². The van der Waals surface area contributed by atoms with Crippen molar-refractivity contribution < 1.29 is 4.74 Å². The third-order valence-corrected chi connectivity index (χ3v) is 2.58. The fraction of sp³-hybridized carbons (Fsp3) is 0.692. The Kier molecular flexibility index (Phi) is 6.43. The molecule has 0 aliphatic carbocycles. The molecule has 0 bridgehead atoms. The number of nitrogens with zero attached hydrogens (tertiary/aromatic N) is 2. The van der Waals surface area contributed by atoms with Crippen molar-refractivity contribution in [1.29, 1.82) is 0 Å². The van der Waals surface area contributed by atoms with Crippen LogP contribution in [0, 0.1) is 0 Å². The van der Waals surface area contributed by atoms with Gasteiger partial charge >= 0.3 is 0 Å². The molecular weight excluding hydrogens is 228 g/mol. The molecule has 18 heavy (non-hydrogen) atoms. The Balaban J connectivity index is 2.75. The first-order valence-corrected chi connectivity index (χ1v) is 6.58. The Labute approximate surface area is 109 Å². The number of rotatable bonds is 8. The van der Waals surface area contributed by atoms with Gasteiger partial charge in [-0.3, -0.25) is 0 Å². The van der Waals surface area contributed by atoms with Crippen LogP contribution in [0.15, 0.2) is 6.07 Å². The Morgan fingerprint density at radius 2 is 1.89 bits per heavy atom. The van der Waals surface area contributed by atoms with Gasteiger partial charge in [-0.15, -0.1) is 0 Å². The van der Waals surface area contributed by atoms with Gasteiger partial charge in [0.25, 0.3) is 0 Å². The molecule has 5 heteroatoms. The van der Waals surface area contributed by atoms with Crippen LogP contribution in [-0.2, 0) is 11.2 Å². The molecule has 0 saturated heterocycles. The molecule has 0 fully saturated rings. The topological polar surface area (TPSA) is 59.1 Å². The van der Waals surface area contributed by atoms with E-state index < -0.39 is 0 Å².